The Morgan fingerprint density at radius 3 is 2.67 bits per heavy atom. The summed E-state index contributed by atoms with van der Waals surface area (Å²) in [6.07, 6.45) is 2.72. The number of aliphatic carboxylic acids is 1. The number of carboxylic acid groups (broad SMARTS) is 1. The Hall–Kier alpha value is -1.30. The van der Waals surface area contributed by atoms with Crippen molar-refractivity contribution in [2.24, 2.45) is 0 Å². The molecule has 2 unspecified atom stereocenters. The van der Waals surface area contributed by atoms with Crippen LogP contribution in [-0.4, -0.2) is 51.8 Å². The van der Waals surface area contributed by atoms with E-state index in [1.165, 1.54) is 6.92 Å². The van der Waals surface area contributed by atoms with Crippen LogP contribution in [0.2, 0.25) is 0 Å². The van der Waals surface area contributed by atoms with Gasteiger partial charge in [0, 0.05) is 19.1 Å². The fraction of sp³-hybridized carbons (Fsp3) is 0.833. The average molecular weight is 258 g/mol. The molecule has 0 saturated carbocycles. The summed E-state index contributed by atoms with van der Waals surface area (Å²) in [5, 5.41) is 21.0. The van der Waals surface area contributed by atoms with Crippen LogP contribution < -0.4 is 5.32 Å². The van der Waals surface area contributed by atoms with Crippen LogP contribution in [0, 0.1) is 0 Å². The predicted octanol–water partition coefficient (Wildman–Crippen LogP) is 0.796. The molecule has 0 spiro atoms. The number of piperidine rings is 1. The van der Waals surface area contributed by atoms with Crippen LogP contribution in [0.5, 0.6) is 0 Å². The van der Waals surface area contributed by atoms with Crippen molar-refractivity contribution in [3.63, 3.8) is 0 Å². The maximum atomic E-state index is 11.9. The Morgan fingerprint density at radius 1 is 1.44 bits per heavy atom. The summed E-state index contributed by atoms with van der Waals surface area (Å²) < 4.78 is 0. The number of amides is 2. The Labute approximate surface area is 107 Å². The van der Waals surface area contributed by atoms with Gasteiger partial charge in [0.1, 0.15) is 0 Å². The molecule has 1 saturated heterocycles. The molecule has 2 amide bonds. The summed E-state index contributed by atoms with van der Waals surface area (Å²) in [7, 11) is 0. The molecule has 3 N–H and O–H groups in total. The molecule has 6 nitrogen and oxygen atoms in total. The van der Waals surface area contributed by atoms with Gasteiger partial charge >= 0.3 is 12.0 Å². The van der Waals surface area contributed by atoms with E-state index in [4.69, 9.17) is 5.11 Å². The summed E-state index contributed by atoms with van der Waals surface area (Å²) in [5.41, 5.74) is -1.42. The molecular formula is C12H22N2O4. The lowest BCUT2D eigenvalue weighted by Gasteiger charge is -2.34. The van der Waals surface area contributed by atoms with Crippen molar-refractivity contribution in [2.45, 2.75) is 51.2 Å². The van der Waals surface area contributed by atoms with Crippen LogP contribution in [-0.2, 0) is 4.79 Å². The van der Waals surface area contributed by atoms with Crippen molar-refractivity contribution in [3.8, 4) is 0 Å². The second-order valence-electron chi connectivity index (χ2n) is 5.26. The first-order valence-electron chi connectivity index (χ1n) is 6.30. The fourth-order valence-corrected chi connectivity index (χ4v) is 2.16. The highest BCUT2D eigenvalue weighted by Crippen LogP contribution is 2.16. The van der Waals surface area contributed by atoms with Gasteiger partial charge < -0.3 is 20.4 Å². The molecule has 1 rings (SSSR count). The number of nitrogens with one attached hydrogen (secondary N) is 1. The van der Waals surface area contributed by atoms with Gasteiger partial charge in [-0.25, -0.2) is 4.79 Å². The minimum atomic E-state index is -1.42. The minimum absolute atomic E-state index is 0.0542. The standard InChI is InChI=1S/C12H22N2O4/c1-9-5-3-4-6-14(9)11(17)13-8-12(2,18)7-10(15)16/h9,18H,3-8H2,1-2H3,(H,13,17)(H,15,16). The zero-order valence-corrected chi connectivity index (χ0v) is 11.0. The highest BCUT2D eigenvalue weighted by atomic mass is 16.4. The molecule has 104 valence electrons. The van der Waals surface area contributed by atoms with Crippen molar-refractivity contribution in [2.75, 3.05) is 13.1 Å². The highest BCUT2D eigenvalue weighted by molar-refractivity contribution is 5.75. The number of carboxylic acids is 1. The number of hydrogen-bond donors (Lipinski definition) is 3. The molecule has 2 atom stereocenters. The number of likely N-dealkylation sites (tertiary alicyclic amines) is 1. The number of nitrogens with zero attached hydrogens (tertiary/aromatic N) is 1. The van der Waals surface area contributed by atoms with E-state index >= 15 is 0 Å². The smallest absolute Gasteiger partial charge is 0.317 e. The van der Waals surface area contributed by atoms with E-state index < -0.39 is 11.6 Å². The van der Waals surface area contributed by atoms with E-state index in [2.05, 4.69) is 5.32 Å². The number of carbonyl (C=O) groups is 2. The van der Waals surface area contributed by atoms with Crippen molar-refractivity contribution < 1.29 is 19.8 Å². The zero-order chi connectivity index (χ0) is 13.8. The summed E-state index contributed by atoms with van der Waals surface area (Å²) in [5.74, 6) is -1.08. The molecule has 1 aliphatic heterocycles. The molecule has 0 aromatic heterocycles. The Balaban J connectivity index is 2.42. The topological polar surface area (TPSA) is 89.9 Å². The van der Waals surface area contributed by atoms with E-state index in [9.17, 15) is 14.7 Å². The highest BCUT2D eigenvalue weighted by Gasteiger charge is 2.28. The zero-order valence-electron chi connectivity index (χ0n) is 11.0. The Kier molecular flexibility index (Phi) is 4.95. The maximum absolute atomic E-state index is 11.9. The average Bonchev–Trinajstić information content (AvgIpc) is 2.25. The largest absolute Gasteiger partial charge is 0.481 e. The van der Waals surface area contributed by atoms with Gasteiger partial charge in [-0.1, -0.05) is 0 Å². The van der Waals surface area contributed by atoms with E-state index in [0.717, 1.165) is 19.3 Å². The lowest BCUT2D eigenvalue weighted by molar-refractivity contribution is -0.141. The molecule has 0 aromatic carbocycles. The third-order valence-corrected chi connectivity index (χ3v) is 3.22. The summed E-state index contributed by atoms with van der Waals surface area (Å²) >= 11 is 0. The minimum Gasteiger partial charge on any atom is -0.481 e. The number of carbonyl (C=O) groups excluding carboxylic acids is 1. The van der Waals surface area contributed by atoms with E-state index in [0.29, 0.717) is 6.54 Å². The van der Waals surface area contributed by atoms with Gasteiger partial charge in [0.25, 0.3) is 0 Å². The van der Waals surface area contributed by atoms with Crippen molar-refractivity contribution in [3.05, 3.63) is 0 Å². The van der Waals surface area contributed by atoms with Crippen LogP contribution in [0.1, 0.15) is 39.5 Å². The number of hydrogen-bond acceptors (Lipinski definition) is 3. The maximum Gasteiger partial charge on any atom is 0.317 e. The lowest BCUT2D eigenvalue weighted by Crippen LogP contribution is -2.51. The van der Waals surface area contributed by atoms with Crippen LogP contribution in [0.3, 0.4) is 0 Å². The van der Waals surface area contributed by atoms with Crippen molar-refractivity contribution >= 4 is 12.0 Å². The molecule has 18 heavy (non-hydrogen) atoms. The molecule has 1 aliphatic rings. The number of urea groups is 1. The molecule has 0 radical (unpaired) electrons. The molecule has 1 heterocycles. The van der Waals surface area contributed by atoms with Crippen LogP contribution in [0.25, 0.3) is 0 Å². The fourth-order valence-electron chi connectivity index (χ4n) is 2.16. The first-order chi connectivity index (χ1) is 8.32. The van der Waals surface area contributed by atoms with Crippen molar-refractivity contribution in [1.29, 1.82) is 0 Å². The van der Waals surface area contributed by atoms with Gasteiger partial charge in [0.2, 0.25) is 0 Å². The Bertz CT molecular complexity index is 317. The van der Waals surface area contributed by atoms with Crippen LogP contribution >= 0.6 is 0 Å². The van der Waals surface area contributed by atoms with E-state index in [-0.39, 0.29) is 25.0 Å². The number of aliphatic hydroxyl groups is 1. The van der Waals surface area contributed by atoms with Gasteiger partial charge in [-0.3, -0.25) is 4.79 Å². The third kappa shape index (κ3) is 4.52. The van der Waals surface area contributed by atoms with Crippen LogP contribution in [0.15, 0.2) is 0 Å². The quantitative estimate of drug-likeness (QED) is 0.695. The third-order valence-electron chi connectivity index (χ3n) is 3.22. The Morgan fingerprint density at radius 2 is 2.11 bits per heavy atom. The summed E-state index contributed by atoms with van der Waals surface area (Å²) in [6.45, 7) is 4.06. The first-order valence-corrected chi connectivity index (χ1v) is 6.30. The summed E-state index contributed by atoms with van der Waals surface area (Å²) in [4.78, 5) is 24.2. The first kappa shape index (κ1) is 14.8. The van der Waals surface area contributed by atoms with Gasteiger partial charge in [0.05, 0.1) is 12.0 Å². The summed E-state index contributed by atoms with van der Waals surface area (Å²) in [6, 6.07) is -0.0314. The molecular weight excluding hydrogens is 236 g/mol. The lowest BCUT2D eigenvalue weighted by atomic mass is 10.0. The van der Waals surface area contributed by atoms with Gasteiger partial charge in [-0.15, -0.1) is 0 Å². The predicted molar refractivity (Wildman–Crippen MR) is 66.3 cm³/mol. The second-order valence-corrected chi connectivity index (χ2v) is 5.26. The molecule has 0 aliphatic carbocycles. The van der Waals surface area contributed by atoms with Gasteiger partial charge in [0.15, 0.2) is 0 Å². The van der Waals surface area contributed by atoms with Gasteiger partial charge in [-0.05, 0) is 33.1 Å². The van der Waals surface area contributed by atoms with Gasteiger partial charge in [-0.2, -0.15) is 0 Å². The molecule has 1 fully saturated rings. The number of rotatable bonds is 4. The van der Waals surface area contributed by atoms with E-state index in [1.54, 1.807) is 4.90 Å². The monoisotopic (exact) mass is 258 g/mol. The van der Waals surface area contributed by atoms with E-state index in [1.807, 2.05) is 6.92 Å². The second kappa shape index (κ2) is 6.04. The van der Waals surface area contributed by atoms with Crippen molar-refractivity contribution in [1.82, 2.24) is 10.2 Å². The SMILES string of the molecule is CC1CCCCN1C(=O)NCC(C)(O)CC(=O)O. The normalized spacial score (nSPS) is 23.3. The van der Waals surface area contributed by atoms with Crippen LogP contribution in [0.4, 0.5) is 4.79 Å². The molecule has 6 heteroatoms. The molecule has 0 aromatic rings. The molecule has 0 bridgehead atoms.